The lowest BCUT2D eigenvalue weighted by Crippen LogP contribution is -2.35. The molecule has 0 aromatic heterocycles. The molecule has 104 valence electrons. The van der Waals surface area contributed by atoms with Crippen LogP contribution in [0.3, 0.4) is 0 Å². The van der Waals surface area contributed by atoms with Gasteiger partial charge < -0.3 is 20.1 Å². The lowest BCUT2D eigenvalue weighted by atomic mass is 10.2. The van der Waals surface area contributed by atoms with Gasteiger partial charge in [-0.05, 0) is 38.4 Å². The van der Waals surface area contributed by atoms with Crippen molar-refractivity contribution in [2.45, 2.75) is 6.10 Å². The molecule has 0 saturated heterocycles. The minimum atomic E-state index is -0.544. The normalized spacial score (nSPS) is 12.2. The second-order valence-corrected chi connectivity index (χ2v) is 4.61. The van der Waals surface area contributed by atoms with E-state index in [0.717, 1.165) is 13.1 Å². The van der Waals surface area contributed by atoms with E-state index in [1.54, 1.807) is 24.3 Å². The van der Waals surface area contributed by atoms with Gasteiger partial charge in [-0.25, -0.2) is 0 Å². The number of aliphatic hydroxyl groups is 1. The highest BCUT2D eigenvalue weighted by Gasteiger charge is 2.04. The molecule has 1 aromatic rings. The van der Waals surface area contributed by atoms with E-state index in [2.05, 4.69) is 10.2 Å². The molecule has 0 amide bonds. The largest absolute Gasteiger partial charge is 0.491 e. The molecule has 0 aliphatic carbocycles. The summed E-state index contributed by atoms with van der Waals surface area (Å²) in [6.07, 6.45) is -0.544. The Labute approximate surface area is 114 Å². The van der Waals surface area contributed by atoms with Gasteiger partial charge in [0.1, 0.15) is 18.5 Å². The molecule has 0 aliphatic heterocycles. The van der Waals surface area contributed by atoms with Crippen molar-refractivity contribution in [3.8, 4) is 11.8 Å². The van der Waals surface area contributed by atoms with Crippen molar-refractivity contribution in [3.63, 3.8) is 0 Å². The van der Waals surface area contributed by atoms with E-state index >= 15 is 0 Å². The van der Waals surface area contributed by atoms with Crippen LogP contribution >= 0.6 is 0 Å². The zero-order chi connectivity index (χ0) is 14.1. The summed E-state index contributed by atoms with van der Waals surface area (Å²) in [6, 6.07) is 8.88. The van der Waals surface area contributed by atoms with E-state index < -0.39 is 6.10 Å². The summed E-state index contributed by atoms with van der Waals surface area (Å²) in [5, 5.41) is 21.5. The zero-order valence-electron chi connectivity index (χ0n) is 11.5. The number of ether oxygens (including phenoxy) is 1. The van der Waals surface area contributed by atoms with E-state index in [4.69, 9.17) is 10.00 Å². The first-order valence-corrected chi connectivity index (χ1v) is 6.28. The Kier molecular flexibility index (Phi) is 6.90. The van der Waals surface area contributed by atoms with Gasteiger partial charge in [0.2, 0.25) is 0 Å². The first kappa shape index (κ1) is 15.4. The first-order chi connectivity index (χ1) is 9.11. The molecule has 0 bridgehead atoms. The van der Waals surface area contributed by atoms with Crippen LogP contribution in [0.4, 0.5) is 0 Å². The average molecular weight is 263 g/mol. The molecule has 0 heterocycles. The van der Waals surface area contributed by atoms with Crippen LogP contribution < -0.4 is 10.1 Å². The highest BCUT2D eigenvalue weighted by atomic mass is 16.5. The molecule has 1 aromatic carbocycles. The van der Waals surface area contributed by atoms with Crippen molar-refractivity contribution in [1.82, 2.24) is 10.2 Å². The van der Waals surface area contributed by atoms with Crippen molar-refractivity contribution in [1.29, 1.82) is 5.26 Å². The lowest BCUT2D eigenvalue weighted by molar-refractivity contribution is 0.106. The number of rotatable bonds is 8. The molecule has 0 radical (unpaired) electrons. The summed E-state index contributed by atoms with van der Waals surface area (Å²) < 4.78 is 5.44. The topological polar surface area (TPSA) is 68.5 Å². The van der Waals surface area contributed by atoms with E-state index in [-0.39, 0.29) is 6.61 Å². The third kappa shape index (κ3) is 6.77. The second-order valence-electron chi connectivity index (χ2n) is 4.61. The lowest BCUT2D eigenvalue weighted by Gasteiger charge is -2.14. The fraction of sp³-hybridized carbons (Fsp3) is 0.500. The summed E-state index contributed by atoms with van der Waals surface area (Å²) in [6.45, 7) is 2.51. The van der Waals surface area contributed by atoms with Crippen LogP contribution in [-0.2, 0) is 0 Å². The molecule has 5 heteroatoms. The minimum Gasteiger partial charge on any atom is -0.491 e. The molecular formula is C14H21N3O2. The Morgan fingerprint density at radius 1 is 1.37 bits per heavy atom. The third-order valence-electron chi connectivity index (χ3n) is 2.54. The molecule has 0 saturated carbocycles. The number of likely N-dealkylation sites (N-methyl/N-ethyl adjacent to an activating group) is 1. The second kappa shape index (κ2) is 8.48. The quantitative estimate of drug-likeness (QED) is 0.667. The van der Waals surface area contributed by atoms with Gasteiger partial charge in [0, 0.05) is 19.6 Å². The number of nitriles is 1. The van der Waals surface area contributed by atoms with Gasteiger partial charge in [0.15, 0.2) is 0 Å². The van der Waals surface area contributed by atoms with E-state index in [0.29, 0.717) is 17.9 Å². The van der Waals surface area contributed by atoms with Gasteiger partial charge in [-0.3, -0.25) is 0 Å². The SMILES string of the molecule is CN(C)CCNC[C@@H](O)COc1ccc(C#N)cc1. The van der Waals surface area contributed by atoms with Crippen LogP contribution in [0.5, 0.6) is 5.75 Å². The fourth-order valence-corrected chi connectivity index (χ4v) is 1.45. The van der Waals surface area contributed by atoms with Crippen LogP contribution in [0.25, 0.3) is 0 Å². The highest BCUT2D eigenvalue weighted by Crippen LogP contribution is 2.11. The van der Waals surface area contributed by atoms with Gasteiger partial charge in [0.25, 0.3) is 0 Å². The van der Waals surface area contributed by atoms with Crippen molar-refractivity contribution < 1.29 is 9.84 Å². The summed E-state index contributed by atoms with van der Waals surface area (Å²) in [7, 11) is 4.01. The van der Waals surface area contributed by atoms with Gasteiger partial charge >= 0.3 is 0 Å². The smallest absolute Gasteiger partial charge is 0.119 e. The molecule has 0 unspecified atom stereocenters. The maximum atomic E-state index is 9.72. The van der Waals surface area contributed by atoms with Gasteiger partial charge in [-0.15, -0.1) is 0 Å². The monoisotopic (exact) mass is 263 g/mol. The first-order valence-electron chi connectivity index (χ1n) is 6.28. The standard InChI is InChI=1S/C14H21N3O2/c1-17(2)8-7-16-10-13(18)11-19-14-5-3-12(9-15)4-6-14/h3-6,13,16,18H,7-8,10-11H2,1-2H3/t13-/m1/s1. The van der Waals surface area contributed by atoms with Crippen LogP contribution in [0.15, 0.2) is 24.3 Å². The maximum Gasteiger partial charge on any atom is 0.119 e. The summed E-state index contributed by atoms with van der Waals surface area (Å²) in [5.41, 5.74) is 0.596. The van der Waals surface area contributed by atoms with E-state index in [1.165, 1.54) is 0 Å². The molecule has 2 N–H and O–H groups in total. The van der Waals surface area contributed by atoms with Crippen LogP contribution in [-0.4, -0.2) is 56.4 Å². The predicted octanol–water partition coefficient (Wildman–Crippen LogP) is 0.449. The van der Waals surface area contributed by atoms with Crippen molar-refractivity contribution >= 4 is 0 Å². The molecule has 0 aliphatic rings. The Balaban J connectivity index is 2.18. The van der Waals surface area contributed by atoms with E-state index in [9.17, 15) is 5.11 Å². The van der Waals surface area contributed by atoms with Crippen molar-refractivity contribution in [3.05, 3.63) is 29.8 Å². The highest BCUT2D eigenvalue weighted by molar-refractivity contribution is 5.34. The van der Waals surface area contributed by atoms with Gasteiger partial charge in [0.05, 0.1) is 11.6 Å². The van der Waals surface area contributed by atoms with Crippen LogP contribution in [0.1, 0.15) is 5.56 Å². The molecule has 19 heavy (non-hydrogen) atoms. The number of benzene rings is 1. The molecule has 0 spiro atoms. The molecule has 1 rings (SSSR count). The minimum absolute atomic E-state index is 0.237. The molecule has 0 fully saturated rings. The number of hydrogen-bond acceptors (Lipinski definition) is 5. The zero-order valence-corrected chi connectivity index (χ0v) is 11.5. The molecular weight excluding hydrogens is 242 g/mol. The van der Waals surface area contributed by atoms with Gasteiger partial charge in [-0.1, -0.05) is 0 Å². The maximum absolute atomic E-state index is 9.72. The molecule has 5 nitrogen and oxygen atoms in total. The molecule has 1 atom stereocenters. The Bertz CT molecular complexity index is 398. The predicted molar refractivity (Wildman–Crippen MR) is 74.1 cm³/mol. The summed E-state index contributed by atoms with van der Waals surface area (Å²) in [5.74, 6) is 0.659. The van der Waals surface area contributed by atoms with E-state index in [1.807, 2.05) is 20.2 Å². The average Bonchev–Trinajstić information content (AvgIpc) is 2.41. The number of aliphatic hydroxyl groups excluding tert-OH is 1. The number of nitrogens with zero attached hydrogens (tertiary/aromatic N) is 2. The van der Waals surface area contributed by atoms with Crippen molar-refractivity contribution in [2.75, 3.05) is 40.3 Å². The number of nitrogens with one attached hydrogen (secondary N) is 1. The summed E-state index contributed by atoms with van der Waals surface area (Å²) in [4.78, 5) is 2.08. The Morgan fingerprint density at radius 2 is 2.05 bits per heavy atom. The van der Waals surface area contributed by atoms with Gasteiger partial charge in [-0.2, -0.15) is 5.26 Å². The number of hydrogen-bond donors (Lipinski definition) is 2. The fourth-order valence-electron chi connectivity index (χ4n) is 1.45. The van der Waals surface area contributed by atoms with Crippen molar-refractivity contribution in [2.24, 2.45) is 0 Å². The van der Waals surface area contributed by atoms with Crippen LogP contribution in [0, 0.1) is 11.3 Å². The summed E-state index contributed by atoms with van der Waals surface area (Å²) >= 11 is 0. The Hall–Kier alpha value is -1.61. The van der Waals surface area contributed by atoms with Crippen LogP contribution in [0.2, 0.25) is 0 Å². The third-order valence-corrected chi connectivity index (χ3v) is 2.54. The Morgan fingerprint density at radius 3 is 2.63 bits per heavy atom.